The van der Waals surface area contributed by atoms with E-state index < -0.39 is 17.9 Å². The third-order valence-corrected chi connectivity index (χ3v) is 3.63. The van der Waals surface area contributed by atoms with Gasteiger partial charge in [0.15, 0.2) is 0 Å². The molecular weight excluding hydrogens is 263 g/mol. The number of fused-ring (bicyclic) bond motifs is 1. The predicted molar refractivity (Wildman–Crippen MR) is 71.4 cm³/mol. The van der Waals surface area contributed by atoms with Gasteiger partial charge in [0.1, 0.15) is 17.9 Å². The van der Waals surface area contributed by atoms with E-state index in [1.165, 1.54) is 18.9 Å². The Kier molecular flexibility index (Phi) is 3.38. The highest BCUT2D eigenvalue weighted by Gasteiger charge is 2.20. The molecular formula is C14H15FN2O3. The van der Waals surface area contributed by atoms with Crippen LogP contribution in [0.3, 0.4) is 0 Å². The third-order valence-electron chi connectivity index (χ3n) is 3.63. The zero-order chi connectivity index (χ0) is 14.1. The smallest absolute Gasteiger partial charge is 0.337 e. The Labute approximate surface area is 113 Å². The summed E-state index contributed by atoms with van der Waals surface area (Å²) in [5.41, 5.74) is -0.443. The van der Waals surface area contributed by atoms with Gasteiger partial charge in [-0.25, -0.2) is 9.18 Å². The fraction of sp³-hybridized carbons (Fsp3) is 0.500. The van der Waals surface area contributed by atoms with Gasteiger partial charge in [-0.3, -0.25) is 4.79 Å². The Balaban J connectivity index is 2.00. The Hall–Kier alpha value is -1.98. The van der Waals surface area contributed by atoms with Gasteiger partial charge < -0.3 is 9.40 Å². The summed E-state index contributed by atoms with van der Waals surface area (Å²) in [6.45, 7) is -0.902. The van der Waals surface area contributed by atoms with E-state index in [4.69, 9.17) is 4.42 Å². The second kappa shape index (κ2) is 5.19. The van der Waals surface area contributed by atoms with Crippen LogP contribution in [0.4, 0.5) is 4.39 Å². The van der Waals surface area contributed by atoms with Gasteiger partial charge in [0, 0.05) is 6.07 Å². The van der Waals surface area contributed by atoms with E-state index in [0.29, 0.717) is 12.0 Å². The monoisotopic (exact) mass is 278 g/mol. The number of hydrogen-bond acceptors (Lipinski definition) is 4. The van der Waals surface area contributed by atoms with Gasteiger partial charge in [0.25, 0.3) is 5.56 Å². The zero-order valence-electron chi connectivity index (χ0n) is 10.9. The lowest BCUT2D eigenvalue weighted by Gasteiger charge is -2.04. The second-order valence-electron chi connectivity index (χ2n) is 5.25. The molecule has 1 saturated carbocycles. The van der Waals surface area contributed by atoms with Gasteiger partial charge in [-0.1, -0.05) is 19.3 Å². The molecule has 106 valence electrons. The van der Waals surface area contributed by atoms with Crippen LogP contribution in [0.5, 0.6) is 0 Å². The largest absolute Gasteiger partial charge is 0.403 e. The molecule has 2 aromatic heterocycles. The van der Waals surface area contributed by atoms with Crippen LogP contribution in [-0.2, 0) is 13.1 Å². The van der Waals surface area contributed by atoms with Crippen molar-refractivity contribution in [3.8, 4) is 0 Å². The molecule has 0 amide bonds. The van der Waals surface area contributed by atoms with Crippen molar-refractivity contribution in [1.82, 2.24) is 9.97 Å². The maximum atomic E-state index is 12.6. The summed E-state index contributed by atoms with van der Waals surface area (Å²) in [5, 5.41) is 0.262. The van der Waals surface area contributed by atoms with E-state index in [-0.39, 0.29) is 16.9 Å². The molecule has 1 fully saturated rings. The molecule has 6 heteroatoms. The summed E-state index contributed by atoms with van der Waals surface area (Å²) in [7, 11) is 0. The molecule has 0 atom stereocenters. The number of alkyl halides is 1. The van der Waals surface area contributed by atoms with Crippen molar-refractivity contribution in [3.05, 3.63) is 38.2 Å². The van der Waals surface area contributed by atoms with E-state index in [1.54, 1.807) is 0 Å². The van der Waals surface area contributed by atoms with Gasteiger partial charge in [0.05, 0.1) is 0 Å². The van der Waals surface area contributed by atoms with Gasteiger partial charge in [-0.15, -0.1) is 0 Å². The minimum Gasteiger partial charge on any atom is -0.403 e. The molecule has 5 nitrogen and oxygen atoms in total. The second-order valence-corrected chi connectivity index (χ2v) is 5.25. The number of nitrogens with one attached hydrogen (secondary N) is 1. The minimum atomic E-state index is -0.902. The topological polar surface area (TPSA) is 76.0 Å². The average Bonchev–Trinajstić information content (AvgIpc) is 3.21. The molecule has 1 N–H and O–H groups in total. The average molecular weight is 278 g/mol. The van der Waals surface area contributed by atoms with Crippen molar-refractivity contribution in [2.75, 3.05) is 0 Å². The van der Waals surface area contributed by atoms with E-state index in [0.717, 1.165) is 18.8 Å². The molecule has 2 heterocycles. The summed E-state index contributed by atoms with van der Waals surface area (Å²) >= 11 is 0. The summed E-state index contributed by atoms with van der Waals surface area (Å²) in [6.07, 6.45) is 5.22. The van der Waals surface area contributed by atoms with Crippen molar-refractivity contribution in [3.63, 3.8) is 0 Å². The standard InChI is InChI=1S/C14H15FN2O3/c15-7-10-16-13(19)12-9(3-1-2-8-4-5-8)6-11(18)20-14(12)17-10/h6,8H,1-5,7H2,(H,16,17,19). The first-order chi connectivity index (χ1) is 9.67. The molecule has 20 heavy (non-hydrogen) atoms. The lowest BCUT2D eigenvalue weighted by atomic mass is 10.1. The van der Waals surface area contributed by atoms with Gasteiger partial charge in [0.2, 0.25) is 5.71 Å². The summed E-state index contributed by atoms with van der Waals surface area (Å²) in [6, 6.07) is 1.33. The van der Waals surface area contributed by atoms with Crippen molar-refractivity contribution in [2.24, 2.45) is 5.92 Å². The first-order valence-corrected chi connectivity index (χ1v) is 6.79. The number of aromatic nitrogens is 2. The maximum absolute atomic E-state index is 12.6. The Morgan fingerprint density at radius 3 is 2.90 bits per heavy atom. The molecule has 0 unspecified atom stereocenters. The molecule has 1 aliphatic carbocycles. The van der Waals surface area contributed by atoms with Gasteiger partial charge in [-0.05, 0) is 24.3 Å². The fourth-order valence-corrected chi connectivity index (χ4v) is 2.44. The molecule has 0 saturated heterocycles. The molecule has 0 bridgehead atoms. The molecule has 0 aliphatic heterocycles. The predicted octanol–water partition coefficient (Wildman–Crippen LogP) is 2.08. The Morgan fingerprint density at radius 2 is 2.20 bits per heavy atom. The molecule has 2 aromatic rings. The summed E-state index contributed by atoms with van der Waals surface area (Å²) in [5.74, 6) is 0.678. The molecule has 3 rings (SSSR count). The number of hydrogen-bond donors (Lipinski definition) is 1. The zero-order valence-corrected chi connectivity index (χ0v) is 10.9. The van der Waals surface area contributed by atoms with Crippen LogP contribution in [0.1, 0.15) is 37.1 Å². The van der Waals surface area contributed by atoms with E-state index >= 15 is 0 Å². The number of nitrogens with zero attached hydrogens (tertiary/aromatic N) is 1. The van der Waals surface area contributed by atoms with Crippen LogP contribution in [0, 0.1) is 5.92 Å². The first kappa shape index (κ1) is 13.0. The molecule has 0 spiro atoms. The van der Waals surface area contributed by atoms with Crippen LogP contribution in [0.25, 0.3) is 11.1 Å². The van der Waals surface area contributed by atoms with E-state index in [2.05, 4.69) is 9.97 Å². The fourth-order valence-electron chi connectivity index (χ4n) is 2.44. The highest BCUT2D eigenvalue weighted by Crippen LogP contribution is 2.34. The van der Waals surface area contributed by atoms with Crippen molar-refractivity contribution >= 4 is 11.1 Å². The first-order valence-electron chi connectivity index (χ1n) is 6.79. The molecule has 1 aliphatic rings. The summed E-state index contributed by atoms with van der Waals surface area (Å²) in [4.78, 5) is 29.7. The lowest BCUT2D eigenvalue weighted by Crippen LogP contribution is -2.15. The van der Waals surface area contributed by atoms with Crippen LogP contribution in [-0.4, -0.2) is 9.97 Å². The van der Waals surface area contributed by atoms with Crippen molar-refractivity contribution in [2.45, 2.75) is 38.8 Å². The van der Waals surface area contributed by atoms with Gasteiger partial charge >= 0.3 is 5.63 Å². The third kappa shape index (κ3) is 2.64. The SMILES string of the molecule is O=c1cc(CCCC2CC2)c2c(=O)[nH]c(CF)nc2o1. The quantitative estimate of drug-likeness (QED) is 0.908. The number of halogens is 1. The number of aromatic amines is 1. The molecule has 0 aromatic carbocycles. The lowest BCUT2D eigenvalue weighted by molar-refractivity contribution is 0.460. The maximum Gasteiger partial charge on any atom is 0.337 e. The highest BCUT2D eigenvalue weighted by molar-refractivity contribution is 5.75. The Bertz CT molecular complexity index is 746. The number of rotatable bonds is 5. The van der Waals surface area contributed by atoms with E-state index in [9.17, 15) is 14.0 Å². The summed E-state index contributed by atoms with van der Waals surface area (Å²) < 4.78 is 17.5. The van der Waals surface area contributed by atoms with Crippen LogP contribution >= 0.6 is 0 Å². The van der Waals surface area contributed by atoms with Crippen molar-refractivity contribution < 1.29 is 8.81 Å². The Morgan fingerprint density at radius 1 is 1.40 bits per heavy atom. The molecule has 0 radical (unpaired) electrons. The van der Waals surface area contributed by atoms with E-state index in [1.807, 2.05) is 0 Å². The van der Waals surface area contributed by atoms with Gasteiger partial charge in [-0.2, -0.15) is 4.98 Å². The highest BCUT2D eigenvalue weighted by atomic mass is 19.1. The van der Waals surface area contributed by atoms with Crippen LogP contribution in [0.2, 0.25) is 0 Å². The number of aryl methyl sites for hydroxylation is 1. The minimum absolute atomic E-state index is 0.0738. The normalized spacial score (nSPS) is 14.8. The van der Waals surface area contributed by atoms with Crippen molar-refractivity contribution in [1.29, 1.82) is 0 Å². The van der Waals surface area contributed by atoms with Crippen LogP contribution in [0.15, 0.2) is 20.1 Å². The van der Waals surface area contributed by atoms with Crippen LogP contribution < -0.4 is 11.2 Å². The number of H-pyrrole nitrogens is 1.